The summed E-state index contributed by atoms with van der Waals surface area (Å²) in [7, 11) is 0. The largest absolute Gasteiger partial charge is 0.480 e. The minimum Gasteiger partial charge on any atom is -0.480 e. The Morgan fingerprint density at radius 1 is 0.900 bits per heavy atom. The van der Waals surface area contributed by atoms with Gasteiger partial charge in [-0.3, -0.25) is 52.8 Å². The van der Waals surface area contributed by atoms with Crippen LogP contribution in [0.25, 0.3) is 22.3 Å². The summed E-state index contributed by atoms with van der Waals surface area (Å²) < 4.78 is 28.2. The number of esters is 1. The van der Waals surface area contributed by atoms with Crippen molar-refractivity contribution in [1.82, 2.24) is 51.7 Å². The summed E-state index contributed by atoms with van der Waals surface area (Å²) in [6.07, 6.45) is 1.12. The molecule has 5 aliphatic rings. The van der Waals surface area contributed by atoms with Gasteiger partial charge in [0.1, 0.15) is 36.8 Å². The van der Waals surface area contributed by atoms with E-state index in [1.165, 1.54) is 17.6 Å². The predicted molar refractivity (Wildman–Crippen MR) is 276 cm³/mol. The fourth-order valence-corrected chi connectivity index (χ4v) is 10.7. The molecular formula is C54H59FN10O15. The highest BCUT2D eigenvalue weighted by Gasteiger charge is 2.53. The number of nitrogens with zero attached hydrogens (tertiary/aromatic N) is 3. The topological polar surface area (TPSA) is 352 Å². The van der Waals surface area contributed by atoms with Crippen LogP contribution in [0.4, 0.5) is 4.39 Å². The van der Waals surface area contributed by atoms with Crippen LogP contribution in [-0.2, 0) is 89.0 Å². The van der Waals surface area contributed by atoms with Crippen LogP contribution in [-0.4, -0.2) is 141 Å². The molecule has 5 heterocycles. The second-order valence-corrected chi connectivity index (χ2v) is 20.5. The van der Waals surface area contributed by atoms with Crippen LogP contribution in [0.1, 0.15) is 90.9 Å². The molecule has 26 heteroatoms. The number of carboxylic acids is 1. The first-order valence-corrected chi connectivity index (χ1v) is 26.1. The summed E-state index contributed by atoms with van der Waals surface area (Å²) in [5.41, 5.74) is 0.389. The van der Waals surface area contributed by atoms with Crippen molar-refractivity contribution in [2.45, 2.75) is 108 Å². The normalized spacial score (nSPS) is 19.9. The molecule has 1 unspecified atom stereocenters. The molecule has 1 saturated heterocycles. The Morgan fingerprint density at radius 2 is 1.60 bits per heavy atom. The fourth-order valence-electron chi connectivity index (χ4n) is 10.7. The number of halogens is 1. The third-order valence-electron chi connectivity index (χ3n) is 15.3. The smallest absolute Gasteiger partial charge is 0.343 e. The van der Waals surface area contributed by atoms with Crippen LogP contribution in [0.2, 0.25) is 0 Å². The summed E-state index contributed by atoms with van der Waals surface area (Å²) in [6.45, 7) is 1.15. The predicted octanol–water partition coefficient (Wildman–Crippen LogP) is -1.23. The standard InChI is InChI=1S/C54H59FN10O15/c1-4-54(78)32-16-37-46-30(23-64(37)50(75)31(32)24-79-52(54)77)45-34(11-10-29-27(3)33(55)17-35(62-46)44(29)45)63-51(76)53(12-13-53)80-25-60-40(67)20-58-47(72)36(15-28-8-6-5-7-9-28)61-41(68)21-57-39(66)19-59-48(73)38(18-56-22-43(70)71)65-42(69)14-26(2)49(65)74/h5-9,16-17,26,34,36,38,56,78H,4,10-15,18-25H2,1-3H3,(H,57,66)(H,58,72)(H,59,73)(H,60,67)(H,61,68)(H,63,76)(H,70,71)/t26?,34-,36-,38-,54-/m0/s1. The van der Waals surface area contributed by atoms with Gasteiger partial charge in [-0.1, -0.05) is 44.2 Å². The Hall–Kier alpha value is -8.49. The van der Waals surface area contributed by atoms with Gasteiger partial charge >= 0.3 is 11.9 Å². The number of amides is 8. The van der Waals surface area contributed by atoms with Crippen molar-refractivity contribution in [1.29, 1.82) is 0 Å². The number of ether oxygens (including phenoxy) is 2. The average molecular weight is 1110 g/mol. The molecule has 80 heavy (non-hydrogen) atoms. The first-order valence-electron chi connectivity index (χ1n) is 26.1. The molecule has 0 spiro atoms. The van der Waals surface area contributed by atoms with Gasteiger partial charge in [-0.2, -0.15) is 0 Å². The number of aryl methyl sites for hydroxylation is 1. The number of carbonyl (C=O) groups is 10. The van der Waals surface area contributed by atoms with Crippen LogP contribution < -0.4 is 42.8 Å². The lowest BCUT2D eigenvalue weighted by Crippen LogP contribution is -2.56. The minimum atomic E-state index is -2.07. The van der Waals surface area contributed by atoms with Crippen LogP contribution in [0, 0.1) is 18.7 Å². The molecule has 2 aromatic carbocycles. The molecule has 422 valence electrons. The summed E-state index contributed by atoms with van der Waals surface area (Å²) in [5, 5.41) is 38.8. The van der Waals surface area contributed by atoms with Crippen molar-refractivity contribution < 1.29 is 72.0 Å². The molecule has 9 N–H and O–H groups in total. The number of hydrogen-bond donors (Lipinski definition) is 9. The van der Waals surface area contributed by atoms with Gasteiger partial charge in [0.05, 0.1) is 61.2 Å². The van der Waals surface area contributed by atoms with Crippen LogP contribution >= 0.6 is 0 Å². The van der Waals surface area contributed by atoms with Crippen LogP contribution in [0.15, 0.2) is 47.3 Å². The summed E-state index contributed by atoms with van der Waals surface area (Å²) in [5.74, 6) is -9.13. The zero-order chi connectivity index (χ0) is 57.4. The van der Waals surface area contributed by atoms with Gasteiger partial charge in [0.25, 0.3) is 11.5 Å². The average Bonchev–Trinajstić information content (AvgIpc) is 4.22. The minimum absolute atomic E-state index is 0.0280. The van der Waals surface area contributed by atoms with E-state index in [4.69, 9.17) is 19.6 Å². The highest BCUT2D eigenvalue weighted by Crippen LogP contribution is 2.47. The van der Waals surface area contributed by atoms with Crippen LogP contribution in [0.5, 0.6) is 0 Å². The SMILES string of the molecule is CC[C@@]1(O)C(=O)OCc2c1cc1n(c2=O)Cc2c-1nc1cc(F)c(C)c3c1c2[C@@H](NC(=O)C1(OCNC(=O)CNC(=O)[C@H](Cc2ccccc2)NC(=O)CNC(=O)CNC(=O)[C@H](CNCC(=O)O)N2C(=O)CC(C)C2=O)CC1)CC3. The Bertz CT molecular complexity index is 3350. The molecular weight excluding hydrogens is 1050 g/mol. The van der Waals surface area contributed by atoms with Gasteiger partial charge in [0.15, 0.2) is 5.60 Å². The third-order valence-corrected chi connectivity index (χ3v) is 15.3. The maximum Gasteiger partial charge on any atom is 0.343 e. The monoisotopic (exact) mass is 1110 g/mol. The quantitative estimate of drug-likeness (QED) is 0.0223. The molecule has 9 rings (SSSR count). The summed E-state index contributed by atoms with van der Waals surface area (Å²) in [6, 6.07) is 8.11. The first-order chi connectivity index (χ1) is 38.1. The number of rotatable bonds is 22. The van der Waals surface area contributed by atoms with Crippen molar-refractivity contribution in [2.75, 3.05) is 39.5 Å². The fraction of sp³-hybridized carbons (Fsp3) is 0.444. The van der Waals surface area contributed by atoms with E-state index in [0.717, 1.165) is 10.5 Å². The van der Waals surface area contributed by atoms with Gasteiger partial charge in [-0.05, 0) is 67.3 Å². The molecule has 5 atom stereocenters. The molecule has 2 fully saturated rings. The molecule has 4 aromatic rings. The zero-order valence-corrected chi connectivity index (χ0v) is 43.9. The number of carboxylic acid groups (broad SMARTS) is 1. The Morgan fingerprint density at radius 3 is 2.27 bits per heavy atom. The molecule has 0 radical (unpaired) electrons. The number of pyridine rings is 2. The van der Waals surface area contributed by atoms with Crippen molar-refractivity contribution in [3.8, 4) is 11.4 Å². The van der Waals surface area contributed by atoms with E-state index in [1.807, 2.05) is 0 Å². The summed E-state index contributed by atoms with van der Waals surface area (Å²) in [4.78, 5) is 149. The lowest BCUT2D eigenvalue weighted by Gasteiger charge is -2.31. The molecule has 8 amide bonds. The van der Waals surface area contributed by atoms with Crippen molar-refractivity contribution in [3.63, 3.8) is 0 Å². The Kier molecular flexibility index (Phi) is 16.0. The van der Waals surface area contributed by atoms with E-state index in [-0.39, 0.29) is 43.5 Å². The molecule has 3 aliphatic heterocycles. The number of carbonyl (C=O) groups excluding carboxylic acids is 9. The van der Waals surface area contributed by atoms with Crippen molar-refractivity contribution in [3.05, 3.63) is 97.6 Å². The lowest BCUT2D eigenvalue weighted by molar-refractivity contribution is -0.172. The van der Waals surface area contributed by atoms with Gasteiger partial charge < -0.3 is 61.5 Å². The number of cyclic esters (lactones) is 1. The molecule has 2 aromatic heterocycles. The van der Waals surface area contributed by atoms with E-state index in [2.05, 4.69) is 37.2 Å². The van der Waals surface area contributed by atoms with Crippen molar-refractivity contribution in [2.24, 2.45) is 5.92 Å². The number of nitrogens with one attached hydrogen (secondary N) is 7. The van der Waals surface area contributed by atoms with Gasteiger partial charge in [0, 0.05) is 47.9 Å². The Labute approximate surface area is 455 Å². The van der Waals surface area contributed by atoms with Crippen LogP contribution in [0.3, 0.4) is 0 Å². The molecule has 2 aliphatic carbocycles. The second kappa shape index (κ2) is 22.7. The van der Waals surface area contributed by atoms with Gasteiger partial charge in [-0.15, -0.1) is 0 Å². The van der Waals surface area contributed by atoms with E-state index in [1.54, 1.807) is 50.2 Å². The van der Waals surface area contributed by atoms with E-state index >= 15 is 4.39 Å². The van der Waals surface area contributed by atoms with Gasteiger partial charge in [0.2, 0.25) is 41.4 Å². The Balaban J connectivity index is 0.795. The first kappa shape index (κ1) is 56.2. The highest BCUT2D eigenvalue weighted by atomic mass is 19.1. The maximum absolute atomic E-state index is 15.5. The number of benzene rings is 2. The second-order valence-electron chi connectivity index (χ2n) is 20.5. The number of likely N-dealkylation sites (tertiary alicyclic amines) is 1. The molecule has 25 nitrogen and oxygen atoms in total. The number of aliphatic carboxylic acids is 1. The highest BCUT2D eigenvalue weighted by molar-refractivity contribution is 6.07. The number of imide groups is 1. The maximum atomic E-state index is 15.5. The van der Waals surface area contributed by atoms with E-state index in [9.17, 15) is 57.8 Å². The van der Waals surface area contributed by atoms with Gasteiger partial charge in [-0.25, -0.2) is 14.2 Å². The lowest BCUT2D eigenvalue weighted by atomic mass is 9.81. The number of aliphatic hydroxyl groups is 1. The number of hydrogen-bond acceptors (Lipinski definition) is 16. The summed E-state index contributed by atoms with van der Waals surface area (Å²) >= 11 is 0. The number of fused-ring (bicyclic) bond motifs is 5. The molecule has 0 bridgehead atoms. The van der Waals surface area contributed by atoms with E-state index < -0.39 is 145 Å². The van der Waals surface area contributed by atoms with E-state index in [0.29, 0.717) is 70.2 Å². The number of aromatic nitrogens is 2. The third kappa shape index (κ3) is 11.1. The molecule has 1 saturated carbocycles. The van der Waals surface area contributed by atoms with Crippen molar-refractivity contribution >= 4 is 70.1 Å². The zero-order valence-electron chi connectivity index (χ0n) is 43.9.